The minimum absolute atomic E-state index is 0.0609. The zero-order valence-corrected chi connectivity index (χ0v) is 11.3. The lowest BCUT2D eigenvalue weighted by molar-refractivity contribution is 0.736. The standard InChI is InChI=1S/C12H12N6OS/c13-8-1-2-9(19)18(5-8)3-4-20-12-10-11(15-6-14-10)16-7-17-12/h1-2,5-7H,3-4,13H2,(H,14,15,16,17). The molecule has 0 aliphatic heterocycles. The number of nitrogen functional groups attached to an aromatic ring is 1. The molecule has 0 spiro atoms. The average Bonchev–Trinajstić information content (AvgIpc) is 2.92. The van der Waals surface area contributed by atoms with Crippen LogP contribution < -0.4 is 11.3 Å². The molecule has 0 saturated carbocycles. The Kier molecular flexibility index (Phi) is 3.38. The fourth-order valence-electron chi connectivity index (χ4n) is 1.82. The second kappa shape index (κ2) is 5.33. The van der Waals surface area contributed by atoms with Crippen LogP contribution in [0.25, 0.3) is 11.2 Å². The van der Waals surface area contributed by atoms with Gasteiger partial charge in [0.2, 0.25) is 0 Å². The van der Waals surface area contributed by atoms with Crippen molar-refractivity contribution >= 4 is 28.6 Å². The maximum atomic E-state index is 11.6. The van der Waals surface area contributed by atoms with Gasteiger partial charge in [-0.1, -0.05) is 0 Å². The van der Waals surface area contributed by atoms with Gasteiger partial charge in [0, 0.05) is 30.2 Å². The molecular formula is C12H12N6OS. The largest absolute Gasteiger partial charge is 0.398 e. The number of aryl methyl sites for hydroxylation is 1. The predicted octanol–water partition coefficient (Wildman–Crippen LogP) is 0.889. The number of aromatic nitrogens is 5. The second-order valence-electron chi connectivity index (χ2n) is 4.12. The molecule has 0 saturated heterocycles. The smallest absolute Gasteiger partial charge is 0.250 e. The molecule has 0 fully saturated rings. The summed E-state index contributed by atoms with van der Waals surface area (Å²) in [5, 5.41) is 0.824. The molecular weight excluding hydrogens is 276 g/mol. The molecule has 7 nitrogen and oxygen atoms in total. The summed E-state index contributed by atoms with van der Waals surface area (Å²) in [5.41, 5.74) is 7.65. The molecule has 3 aromatic heterocycles. The van der Waals surface area contributed by atoms with Gasteiger partial charge in [0.15, 0.2) is 5.65 Å². The van der Waals surface area contributed by atoms with Gasteiger partial charge >= 0.3 is 0 Å². The van der Waals surface area contributed by atoms with Crippen molar-refractivity contribution in [2.24, 2.45) is 0 Å². The SMILES string of the molecule is Nc1ccc(=O)n(CCSc2ncnc3nc[nH]c23)c1. The van der Waals surface area contributed by atoms with Crippen LogP contribution in [0.15, 0.2) is 40.8 Å². The van der Waals surface area contributed by atoms with E-state index in [1.165, 1.54) is 12.4 Å². The summed E-state index contributed by atoms with van der Waals surface area (Å²) < 4.78 is 1.59. The van der Waals surface area contributed by atoms with E-state index in [-0.39, 0.29) is 5.56 Å². The highest BCUT2D eigenvalue weighted by Gasteiger charge is 2.06. The van der Waals surface area contributed by atoms with Gasteiger partial charge in [0.25, 0.3) is 5.56 Å². The highest BCUT2D eigenvalue weighted by atomic mass is 32.2. The zero-order valence-electron chi connectivity index (χ0n) is 10.5. The Morgan fingerprint density at radius 3 is 3.10 bits per heavy atom. The van der Waals surface area contributed by atoms with E-state index in [1.54, 1.807) is 34.9 Å². The van der Waals surface area contributed by atoms with Crippen molar-refractivity contribution in [3.05, 3.63) is 41.3 Å². The van der Waals surface area contributed by atoms with Crippen molar-refractivity contribution in [3.63, 3.8) is 0 Å². The number of rotatable bonds is 4. The van der Waals surface area contributed by atoms with E-state index in [2.05, 4.69) is 19.9 Å². The average molecular weight is 288 g/mol. The maximum absolute atomic E-state index is 11.6. The molecule has 0 radical (unpaired) electrons. The third-order valence-electron chi connectivity index (χ3n) is 2.77. The Balaban J connectivity index is 1.72. The number of pyridine rings is 1. The predicted molar refractivity (Wildman–Crippen MR) is 77.5 cm³/mol. The lowest BCUT2D eigenvalue weighted by Crippen LogP contribution is -2.19. The van der Waals surface area contributed by atoms with Crippen LogP contribution >= 0.6 is 11.8 Å². The van der Waals surface area contributed by atoms with Gasteiger partial charge < -0.3 is 15.3 Å². The van der Waals surface area contributed by atoms with Crippen LogP contribution in [0.2, 0.25) is 0 Å². The molecule has 8 heteroatoms. The van der Waals surface area contributed by atoms with Gasteiger partial charge in [0.1, 0.15) is 16.9 Å². The number of nitrogens with zero attached hydrogens (tertiary/aromatic N) is 4. The number of imidazole rings is 1. The summed E-state index contributed by atoms with van der Waals surface area (Å²) in [4.78, 5) is 27.0. The topological polar surface area (TPSA) is 102 Å². The van der Waals surface area contributed by atoms with Gasteiger partial charge in [0.05, 0.1) is 6.33 Å². The quantitative estimate of drug-likeness (QED) is 0.546. The Labute approximate surface area is 118 Å². The number of aromatic amines is 1. The molecule has 0 aromatic carbocycles. The van der Waals surface area contributed by atoms with Gasteiger partial charge in [-0.25, -0.2) is 15.0 Å². The fraction of sp³-hybridized carbons (Fsp3) is 0.167. The third-order valence-corrected chi connectivity index (χ3v) is 3.74. The van der Waals surface area contributed by atoms with Crippen LogP contribution in [0, 0.1) is 0 Å². The Morgan fingerprint density at radius 1 is 1.30 bits per heavy atom. The summed E-state index contributed by atoms with van der Waals surface area (Å²) >= 11 is 1.54. The second-order valence-corrected chi connectivity index (χ2v) is 5.21. The number of nitrogens with one attached hydrogen (secondary N) is 1. The summed E-state index contributed by atoms with van der Waals surface area (Å²) in [6.07, 6.45) is 4.72. The Hall–Kier alpha value is -2.35. The summed E-state index contributed by atoms with van der Waals surface area (Å²) in [7, 11) is 0. The Bertz CT molecular complexity index is 796. The van der Waals surface area contributed by atoms with E-state index in [1.807, 2.05) is 0 Å². The molecule has 102 valence electrons. The van der Waals surface area contributed by atoms with Crippen LogP contribution in [-0.2, 0) is 6.54 Å². The molecule has 0 bridgehead atoms. The lowest BCUT2D eigenvalue weighted by atomic mass is 10.4. The first kappa shape index (κ1) is 12.7. The van der Waals surface area contributed by atoms with E-state index < -0.39 is 0 Å². The van der Waals surface area contributed by atoms with Crippen LogP contribution in [0.5, 0.6) is 0 Å². The van der Waals surface area contributed by atoms with Gasteiger partial charge in [-0.05, 0) is 6.07 Å². The third kappa shape index (κ3) is 2.50. The van der Waals surface area contributed by atoms with Crippen molar-refractivity contribution in [2.45, 2.75) is 11.6 Å². The van der Waals surface area contributed by atoms with E-state index in [0.29, 0.717) is 23.6 Å². The lowest BCUT2D eigenvalue weighted by Gasteiger charge is -2.06. The van der Waals surface area contributed by atoms with Crippen molar-refractivity contribution < 1.29 is 0 Å². The molecule has 0 amide bonds. The van der Waals surface area contributed by atoms with Crippen LogP contribution in [0.3, 0.4) is 0 Å². The summed E-state index contributed by atoms with van der Waals surface area (Å²) in [6.45, 7) is 0.564. The van der Waals surface area contributed by atoms with Crippen LogP contribution in [0.1, 0.15) is 0 Å². The minimum Gasteiger partial charge on any atom is -0.398 e. The molecule has 3 rings (SSSR count). The molecule has 0 atom stereocenters. The molecule has 3 heterocycles. The molecule has 3 N–H and O–H groups in total. The minimum atomic E-state index is -0.0609. The van der Waals surface area contributed by atoms with Crippen molar-refractivity contribution in [1.29, 1.82) is 0 Å². The molecule has 0 aliphatic rings. The number of hydrogen-bond donors (Lipinski definition) is 2. The van der Waals surface area contributed by atoms with Gasteiger partial charge in [-0.2, -0.15) is 0 Å². The molecule has 0 unspecified atom stereocenters. The molecule has 3 aromatic rings. The number of H-pyrrole nitrogens is 1. The van der Waals surface area contributed by atoms with Crippen molar-refractivity contribution in [2.75, 3.05) is 11.5 Å². The number of hydrogen-bond acceptors (Lipinski definition) is 6. The number of fused-ring (bicyclic) bond motifs is 1. The summed E-state index contributed by atoms with van der Waals surface area (Å²) in [5.74, 6) is 0.703. The molecule has 0 aliphatic carbocycles. The molecule has 20 heavy (non-hydrogen) atoms. The van der Waals surface area contributed by atoms with E-state index in [4.69, 9.17) is 5.73 Å². The highest BCUT2D eigenvalue weighted by Crippen LogP contribution is 2.21. The normalized spacial score (nSPS) is 11.0. The van der Waals surface area contributed by atoms with E-state index in [9.17, 15) is 4.79 Å². The van der Waals surface area contributed by atoms with E-state index in [0.717, 1.165) is 10.5 Å². The van der Waals surface area contributed by atoms with Gasteiger partial charge in [-0.3, -0.25) is 4.79 Å². The van der Waals surface area contributed by atoms with Crippen molar-refractivity contribution in [1.82, 2.24) is 24.5 Å². The summed E-state index contributed by atoms with van der Waals surface area (Å²) in [6, 6.07) is 3.07. The Morgan fingerprint density at radius 2 is 2.20 bits per heavy atom. The zero-order chi connectivity index (χ0) is 13.9. The monoisotopic (exact) mass is 288 g/mol. The van der Waals surface area contributed by atoms with Gasteiger partial charge in [-0.15, -0.1) is 11.8 Å². The fourth-order valence-corrected chi connectivity index (χ4v) is 2.72. The van der Waals surface area contributed by atoms with Crippen LogP contribution in [-0.4, -0.2) is 30.3 Å². The number of anilines is 1. The first-order valence-electron chi connectivity index (χ1n) is 5.97. The first-order chi connectivity index (χ1) is 9.74. The number of nitrogens with two attached hydrogens (primary N) is 1. The van der Waals surface area contributed by atoms with Crippen LogP contribution in [0.4, 0.5) is 5.69 Å². The maximum Gasteiger partial charge on any atom is 0.250 e. The number of thioether (sulfide) groups is 1. The first-order valence-corrected chi connectivity index (χ1v) is 6.95. The van der Waals surface area contributed by atoms with Crippen molar-refractivity contribution in [3.8, 4) is 0 Å². The van der Waals surface area contributed by atoms with E-state index >= 15 is 0 Å². The highest BCUT2D eigenvalue weighted by molar-refractivity contribution is 7.99.